The molecule has 0 aliphatic carbocycles. The first-order valence-electron chi connectivity index (χ1n) is 12.4. The third kappa shape index (κ3) is 4.75. The number of amides is 1. The molecule has 0 bridgehead atoms. The van der Waals surface area contributed by atoms with Crippen molar-refractivity contribution in [3.05, 3.63) is 89.7 Å². The van der Waals surface area contributed by atoms with Gasteiger partial charge < -0.3 is 9.80 Å². The van der Waals surface area contributed by atoms with Gasteiger partial charge in [-0.3, -0.25) is 9.78 Å². The molecule has 2 aromatic carbocycles. The van der Waals surface area contributed by atoms with Gasteiger partial charge in [-0.1, -0.05) is 42.5 Å². The summed E-state index contributed by atoms with van der Waals surface area (Å²) in [5, 5.41) is 0. The minimum atomic E-state index is -3.74. The minimum absolute atomic E-state index is 0.0355. The Labute approximate surface area is 213 Å². The lowest BCUT2D eigenvalue weighted by atomic mass is 9.88. The zero-order valence-corrected chi connectivity index (χ0v) is 21.6. The Morgan fingerprint density at radius 1 is 0.917 bits per heavy atom. The van der Waals surface area contributed by atoms with E-state index >= 15 is 0 Å². The molecule has 2 aliphatic heterocycles. The Morgan fingerprint density at radius 2 is 1.67 bits per heavy atom. The van der Waals surface area contributed by atoms with Crippen molar-refractivity contribution in [1.29, 1.82) is 0 Å². The molecule has 0 spiro atoms. The van der Waals surface area contributed by atoms with Gasteiger partial charge in [0.25, 0.3) is 0 Å². The van der Waals surface area contributed by atoms with E-state index in [0.717, 1.165) is 18.7 Å². The van der Waals surface area contributed by atoms with Gasteiger partial charge in [0.05, 0.1) is 5.92 Å². The summed E-state index contributed by atoms with van der Waals surface area (Å²) in [6, 6.07) is 19.4. The Bertz CT molecular complexity index is 1320. The van der Waals surface area contributed by atoms with Crippen molar-refractivity contribution in [2.75, 3.05) is 44.2 Å². The smallest absolute Gasteiger partial charge is 0.244 e. The van der Waals surface area contributed by atoms with Gasteiger partial charge in [-0.15, -0.1) is 0 Å². The molecule has 5 rings (SSSR count). The molecule has 3 aromatic rings. The van der Waals surface area contributed by atoms with Crippen molar-refractivity contribution in [2.24, 2.45) is 5.92 Å². The van der Waals surface area contributed by atoms with Crippen LogP contribution >= 0.6 is 0 Å². The van der Waals surface area contributed by atoms with Crippen LogP contribution in [-0.4, -0.2) is 67.8 Å². The van der Waals surface area contributed by atoms with Crippen molar-refractivity contribution in [3.63, 3.8) is 0 Å². The number of carbonyl (C=O) groups is 1. The van der Waals surface area contributed by atoms with Gasteiger partial charge >= 0.3 is 0 Å². The maximum absolute atomic E-state index is 13.8. The van der Waals surface area contributed by atoms with Crippen LogP contribution in [0.15, 0.2) is 78.0 Å². The van der Waals surface area contributed by atoms with Crippen LogP contribution in [0.25, 0.3) is 0 Å². The van der Waals surface area contributed by atoms with Gasteiger partial charge in [0.1, 0.15) is 4.90 Å². The molecule has 2 saturated heterocycles. The van der Waals surface area contributed by atoms with E-state index in [1.165, 1.54) is 27.3 Å². The number of pyridine rings is 1. The first-order chi connectivity index (χ1) is 17.3. The van der Waals surface area contributed by atoms with Crippen LogP contribution in [0, 0.1) is 19.8 Å². The van der Waals surface area contributed by atoms with Crippen LogP contribution < -0.4 is 4.90 Å². The topological polar surface area (TPSA) is 73.8 Å². The van der Waals surface area contributed by atoms with Crippen LogP contribution in [0.4, 0.5) is 5.69 Å². The highest BCUT2D eigenvalue weighted by atomic mass is 32.2. The Hall–Kier alpha value is -3.23. The summed E-state index contributed by atoms with van der Waals surface area (Å²) in [6.45, 7) is 7.43. The first kappa shape index (κ1) is 24.5. The third-order valence-electron chi connectivity index (χ3n) is 7.40. The Kier molecular flexibility index (Phi) is 6.81. The molecule has 0 saturated carbocycles. The molecule has 0 N–H and O–H groups in total. The molecule has 0 radical (unpaired) electrons. The first-order valence-corrected chi connectivity index (χ1v) is 13.8. The summed E-state index contributed by atoms with van der Waals surface area (Å²) in [5.74, 6) is -0.582. The summed E-state index contributed by atoms with van der Waals surface area (Å²) in [5.41, 5.74) is 4.67. The standard InChI is InChI=1S/C28H32N4O3S/c1-21-10-11-22(2)27(17-21)30-13-15-31(16-14-30)28(33)26-20-32(19-25(26)23-7-4-3-5-8-23)36(34,35)24-9-6-12-29-18-24/h3-12,17-18,25-26H,13-16,19-20H2,1-2H3/t25-,26+/m0/s1. The van der Waals surface area contributed by atoms with Gasteiger partial charge in [-0.05, 0) is 48.7 Å². The summed E-state index contributed by atoms with van der Waals surface area (Å²) in [6.07, 6.45) is 2.93. The van der Waals surface area contributed by atoms with E-state index in [4.69, 9.17) is 0 Å². The summed E-state index contributed by atoms with van der Waals surface area (Å²) in [4.78, 5) is 22.2. The number of rotatable bonds is 5. The highest BCUT2D eigenvalue weighted by Gasteiger charge is 2.45. The maximum Gasteiger partial charge on any atom is 0.244 e. The number of nitrogens with zero attached hydrogens (tertiary/aromatic N) is 4. The Morgan fingerprint density at radius 3 is 2.36 bits per heavy atom. The van der Waals surface area contributed by atoms with Crippen LogP contribution in [0.5, 0.6) is 0 Å². The molecular weight excluding hydrogens is 472 g/mol. The molecule has 3 heterocycles. The van der Waals surface area contributed by atoms with Crippen LogP contribution in [0.3, 0.4) is 0 Å². The quantitative estimate of drug-likeness (QED) is 0.532. The van der Waals surface area contributed by atoms with E-state index in [9.17, 15) is 13.2 Å². The number of benzene rings is 2. The van der Waals surface area contributed by atoms with Gasteiger partial charge in [-0.25, -0.2) is 8.42 Å². The number of carbonyl (C=O) groups excluding carboxylic acids is 1. The monoisotopic (exact) mass is 504 g/mol. The lowest BCUT2D eigenvalue weighted by molar-refractivity contribution is -0.135. The summed E-state index contributed by atoms with van der Waals surface area (Å²) >= 11 is 0. The zero-order chi connectivity index (χ0) is 25.3. The second-order valence-corrected chi connectivity index (χ2v) is 11.7. The summed E-state index contributed by atoms with van der Waals surface area (Å²) in [7, 11) is -3.74. The molecule has 7 nitrogen and oxygen atoms in total. The largest absolute Gasteiger partial charge is 0.368 e. The van der Waals surface area contributed by atoms with E-state index < -0.39 is 15.9 Å². The highest BCUT2D eigenvalue weighted by Crippen LogP contribution is 2.37. The molecule has 188 valence electrons. The molecule has 36 heavy (non-hydrogen) atoms. The number of piperazine rings is 1. The molecule has 0 unspecified atom stereocenters. The minimum Gasteiger partial charge on any atom is -0.368 e. The van der Waals surface area contributed by atoms with E-state index in [-0.39, 0.29) is 29.8 Å². The molecule has 8 heteroatoms. The summed E-state index contributed by atoms with van der Waals surface area (Å²) < 4.78 is 28.2. The zero-order valence-electron chi connectivity index (χ0n) is 20.7. The predicted molar refractivity (Wildman–Crippen MR) is 140 cm³/mol. The second-order valence-electron chi connectivity index (χ2n) is 9.74. The van der Waals surface area contributed by atoms with Gasteiger partial charge in [0.2, 0.25) is 15.9 Å². The SMILES string of the molecule is Cc1ccc(C)c(N2CCN(C(=O)[C@@H]3CN(S(=O)(=O)c4cccnc4)C[C@H]3c3ccccc3)CC2)c1. The molecule has 2 fully saturated rings. The van der Waals surface area contributed by atoms with Crippen LogP contribution in [0.2, 0.25) is 0 Å². The lowest BCUT2D eigenvalue weighted by Crippen LogP contribution is -2.51. The van der Waals surface area contributed by atoms with Gasteiger partial charge in [0, 0.05) is 63.3 Å². The van der Waals surface area contributed by atoms with E-state index in [1.54, 1.807) is 18.3 Å². The maximum atomic E-state index is 13.8. The second kappa shape index (κ2) is 10.0. The normalized spacial score (nSPS) is 21.1. The molecule has 2 atom stereocenters. The van der Waals surface area contributed by atoms with E-state index in [1.807, 2.05) is 35.2 Å². The van der Waals surface area contributed by atoms with Crippen molar-refractivity contribution in [1.82, 2.24) is 14.2 Å². The molecule has 1 aromatic heterocycles. The lowest BCUT2D eigenvalue weighted by Gasteiger charge is -2.38. The fraction of sp³-hybridized carbons (Fsp3) is 0.357. The van der Waals surface area contributed by atoms with Crippen molar-refractivity contribution < 1.29 is 13.2 Å². The average molecular weight is 505 g/mol. The number of hydrogen-bond donors (Lipinski definition) is 0. The van der Waals surface area contributed by atoms with Crippen molar-refractivity contribution >= 4 is 21.6 Å². The number of sulfonamides is 1. The molecular formula is C28H32N4O3S. The van der Waals surface area contributed by atoms with E-state index in [2.05, 4.69) is 41.9 Å². The number of anilines is 1. The van der Waals surface area contributed by atoms with Crippen molar-refractivity contribution in [2.45, 2.75) is 24.7 Å². The number of aryl methyl sites for hydroxylation is 2. The van der Waals surface area contributed by atoms with Crippen molar-refractivity contribution in [3.8, 4) is 0 Å². The average Bonchev–Trinajstić information content (AvgIpc) is 3.37. The fourth-order valence-electron chi connectivity index (χ4n) is 5.36. The Balaban J connectivity index is 1.35. The highest BCUT2D eigenvalue weighted by molar-refractivity contribution is 7.89. The number of hydrogen-bond acceptors (Lipinski definition) is 5. The van der Waals surface area contributed by atoms with Gasteiger partial charge in [-0.2, -0.15) is 4.31 Å². The van der Waals surface area contributed by atoms with E-state index in [0.29, 0.717) is 13.1 Å². The van der Waals surface area contributed by atoms with Crippen LogP contribution in [0.1, 0.15) is 22.6 Å². The third-order valence-corrected chi connectivity index (χ3v) is 9.22. The molecule has 2 aliphatic rings. The number of aromatic nitrogens is 1. The molecule has 1 amide bonds. The van der Waals surface area contributed by atoms with Crippen LogP contribution in [-0.2, 0) is 14.8 Å². The predicted octanol–water partition coefficient (Wildman–Crippen LogP) is 3.45. The van der Waals surface area contributed by atoms with Gasteiger partial charge in [0.15, 0.2) is 0 Å². The fourth-order valence-corrected chi connectivity index (χ4v) is 6.82.